The highest BCUT2D eigenvalue weighted by Crippen LogP contribution is 2.41. The molecule has 0 radical (unpaired) electrons. The number of rotatable bonds is 7. The van der Waals surface area contributed by atoms with Crippen molar-refractivity contribution in [3.63, 3.8) is 0 Å². The first-order chi connectivity index (χ1) is 12.6. The van der Waals surface area contributed by atoms with Gasteiger partial charge in [0.2, 0.25) is 5.16 Å². The maximum Gasteiger partial charge on any atom is 0.253 e. The molecule has 1 aromatic carbocycles. The van der Waals surface area contributed by atoms with E-state index < -0.39 is 0 Å². The lowest BCUT2D eigenvalue weighted by Crippen LogP contribution is -2.02. The molecule has 0 atom stereocenters. The Morgan fingerprint density at radius 2 is 1.69 bits per heavy atom. The van der Waals surface area contributed by atoms with E-state index in [1.807, 2.05) is 25.1 Å². The van der Waals surface area contributed by atoms with E-state index in [2.05, 4.69) is 22.0 Å². The molecule has 0 aliphatic heterocycles. The van der Waals surface area contributed by atoms with Crippen LogP contribution in [0.1, 0.15) is 19.0 Å². The molecule has 0 unspecified atom stereocenters. The summed E-state index contributed by atoms with van der Waals surface area (Å²) in [5.74, 6) is 3.43. The minimum atomic E-state index is 0.554. The zero-order valence-electron chi connectivity index (χ0n) is 15.6. The number of ether oxygens (including phenoxy) is 3. The predicted octanol–water partition coefficient (Wildman–Crippen LogP) is 3.63. The summed E-state index contributed by atoms with van der Waals surface area (Å²) in [6, 6.07) is 5.59. The second-order valence-electron chi connectivity index (χ2n) is 5.64. The second-order valence-corrected chi connectivity index (χ2v) is 6.71. The quantitative estimate of drug-likeness (QED) is 0.585. The summed E-state index contributed by atoms with van der Waals surface area (Å²) < 4.78 is 18.3. The van der Waals surface area contributed by atoms with Crippen molar-refractivity contribution in [2.24, 2.45) is 0 Å². The molecule has 2 heterocycles. The van der Waals surface area contributed by atoms with E-state index >= 15 is 0 Å². The Bertz CT molecular complexity index is 901. The number of thioether (sulfide) groups is 1. The Morgan fingerprint density at radius 3 is 2.27 bits per heavy atom. The van der Waals surface area contributed by atoms with Gasteiger partial charge in [0.15, 0.2) is 0 Å². The van der Waals surface area contributed by atoms with Gasteiger partial charge in [0, 0.05) is 23.6 Å². The van der Waals surface area contributed by atoms with Crippen molar-refractivity contribution < 1.29 is 14.2 Å². The first-order valence-electron chi connectivity index (χ1n) is 8.28. The van der Waals surface area contributed by atoms with Gasteiger partial charge in [0.25, 0.3) is 5.78 Å². The van der Waals surface area contributed by atoms with Gasteiger partial charge in [-0.3, -0.25) is 0 Å². The molecule has 0 saturated heterocycles. The third-order valence-corrected chi connectivity index (χ3v) is 4.87. The smallest absolute Gasteiger partial charge is 0.253 e. The molecule has 0 fully saturated rings. The third kappa shape index (κ3) is 3.41. The highest BCUT2D eigenvalue weighted by Gasteiger charge is 2.20. The molecule has 0 aliphatic carbocycles. The number of hydrogen-bond acceptors (Lipinski definition) is 7. The number of aryl methyl sites for hydroxylation is 1. The molecule has 0 aliphatic rings. The molecular weight excluding hydrogens is 352 g/mol. The summed E-state index contributed by atoms with van der Waals surface area (Å²) >= 11 is 1.62. The zero-order valence-corrected chi connectivity index (χ0v) is 16.4. The van der Waals surface area contributed by atoms with Crippen LogP contribution >= 0.6 is 11.8 Å². The Hall–Kier alpha value is -2.48. The van der Waals surface area contributed by atoms with Crippen molar-refractivity contribution in [2.75, 3.05) is 27.1 Å². The summed E-state index contributed by atoms with van der Waals surface area (Å²) in [5.41, 5.74) is 2.43. The monoisotopic (exact) mass is 374 g/mol. The molecule has 138 valence electrons. The molecule has 0 spiro atoms. The van der Waals surface area contributed by atoms with Crippen LogP contribution in [-0.4, -0.2) is 46.7 Å². The first kappa shape index (κ1) is 18.3. The summed E-state index contributed by atoms with van der Waals surface area (Å²) in [6.45, 7) is 4.06. The van der Waals surface area contributed by atoms with Crippen LogP contribution in [0.5, 0.6) is 17.2 Å². The minimum Gasteiger partial charge on any atom is -0.496 e. The van der Waals surface area contributed by atoms with Crippen LogP contribution in [0.4, 0.5) is 0 Å². The van der Waals surface area contributed by atoms with Gasteiger partial charge in [-0.1, -0.05) is 18.7 Å². The largest absolute Gasteiger partial charge is 0.496 e. The van der Waals surface area contributed by atoms with E-state index in [0.717, 1.165) is 29.1 Å². The van der Waals surface area contributed by atoms with Crippen molar-refractivity contribution >= 4 is 17.5 Å². The van der Waals surface area contributed by atoms with Crippen LogP contribution in [0, 0.1) is 6.92 Å². The van der Waals surface area contributed by atoms with Crippen LogP contribution in [0.2, 0.25) is 0 Å². The van der Waals surface area contributed by atoms with Crippen LogP contribution in [-0.2, 0) is 0 Å². The molecule has 0 amide bonds. The Morgan fingerprint density at radius 1 is 1.00 bits per heavy atom. The maximum atomic E-state index is 5.60. The number of benzene rings is 1. The van der Waals surface area contributed by atoms with Crippen molar-refractivity contribution in [1.82, 2.24) is 19.6 Å². The third-order valence-electron chi connectivity index (χ3n) is 3.83. The molecule has 0 saturated carbocycles. The Balaban J connectivity index is 2.25. The fourth-order valence-electron chi connectivity index (χ4n) is 2.66. The minimum absolute atomic E-state index is 0.554. The van der Waals surface area contributed by atoms with E-state index in [1.54, 1.807) is 37.6 Å². The summed E-state index contributed by atoms with van der Waals surface area (Å²) in [6.07, 6.45) is 1.06. The predicted molar refractivity (Wildman–Crippen MR) is 102 cm³/mol. The first-order valence-corrected chi connectivity index (χ1v) is 9.27. The number of methoxy groups -OCH3 is 3. The fraction of sp³-hybridized carbons (Fsp3) is 0.389. The lowest BCUT2D eigenvalue weighted by molar-refractivity contribution is 0.377. The summed E-state index contributed by atoms with van der Waals surface area (Å²) in [5, 5.41) is 5.33. The van der Waals surface area contributed by atoms with Crippen LogP contribution in [0.3, 0.4) is 0 Å². The number of fused-ring (bicyclic) bond motifs is 1. The summed E-state index contributed by atoms with van der Waals surface area (Å²) in [4.78, 5) is 9.04. The summed E-state index contributed by atoms with van der Waals surface area (Å²) in [7, 11) is 4.84. The van der Waals surface area contributed by atoms with Gasteiger partial charge >= 0.3 is 0 Å². The molecule has 0 bridgehead atoms. The van der Waals surface area contributed by atoms with Crippen molar-refractivity contribution in [2.45, 2.75) is 25.4 Å². The SMILES string of the molecule is CCCSc1nc2nc(C)cc(-c3c(OC)cc(OC)cc3OC)n2n1. The van der Waals surface area contributed by atoms with Crippen molar-refractivity contribution in [1.29, 1.82) is 0 Å². The van der Waals surface area contributed by atoms with Gasteiger partial charge in [-0.05, 0) is 19.4 Å². The standard InChI is InChI=1S/C18H22N4O3S/c1-6-7-26-18-20-17-19-11(2)8-13(22(17)21-18)16-14(24-4)9-12(23-3)10-15(16)25-5/h8-10H,6-7H2,1-5H3. The lowest BCUT2D eigenvalue weighted by Gasteiger charge is -2.16. The average molecular weight is 374 g/mol. The van der Waals surface area contributed by atoms with Crippen LogP contribution < -0.4 is 14.2 Å². The van der Waals surface area contributed by atoms with Gasteiger partial charge in [0.05, 0.1) is 32.6 Å². The molecule has 3 rings (SSSR count). The molecule has 2 aromatic heterocycles. The van der Waals surface area contributed by atoms with E-state index in [1.165, 1.54) is 0 Å². The Kier molecular flexibility index (Phi) is 5.51. The number of hydrogen-bond donors (Lipinski definition) is 0. The van der Waals surface area contributed by atoms with Gasteiger partial charge in [-0.25, -0.2) is 4.98 Å². The average Bonchev–Trinajstić information content (AvgIpc) is 3.07. The normalized spacial score (nSPS) is 11.0. The van der Waals surface area contributed by atoms with Crippen LogP contribution in [0.25, 0.3) is 17.0 Å². The van der Waals surface area contributed by atoms with E-state index in [-0.39, 0.29) is 0 Å². The lowest BCUT2D eigenvalue weighted by atomic mass is 10.1. The van der Waals surface area contributed by atoms with Gasteiger partial charge in [0.1, 0.15) is 17.2 Å². The number of aromatic nitrogens is 4. The van der Waals surface area contributed by atoms with Gasteiger partial charge < -0.3 is 14.2 Å². The Labute approximate surface area is 156 Å². The molecule has 26 heavy (non-hydrogen) atoms. The molecule has 0 N–H and O–H groups in total. The molecule has 7 nitrogen and oxygen atoms in total. The topological polar surface area (TPSA) is 70.8 Å². The molecule has 3 aromatic rings. The fourth-order valence-corrected chi connectivity index (χ4v) is 3.33. The highest BCUT2D eigenvalue weighted by atomic mass is 32.2. The zero-order chi connectivity index (χ0) is 18.7. The second kappa shape index (κ2) is 7.82. The van der Waals surface area contributed by atoms with Gasteiger partial charge in [-0.2, -0.15) is 9.50 Å². The number of nitrogens with zero attached hydrogens (tertiary/aromatic N) is 4. The van der Waals surface area contributed by atoms with E-state index in [0.29, 0.717) is 28.2 Å². The highest BCUT2D eigenvalue weighted by molar-refractivity contribution is 7.99. The maximum absolute atomic E-state index is 5.60. The van der Waals surface area contributed by atoms with E-state index in [4.69, 9.17) is 14.2 Å². The van der Waals surface area contributed by atoms with Crippen molar-refractivity contribution in [3.8, 4) is 28.5 Å². The van der Waals surface area contributed by atoms with Gasteiger partial charge in [-0.15, -0.1) is 5.10 Å². The van der Waals surface area contributed by atoms with E-state index in [9.17, 15) is 0 Å². The molecular formula is C18H22N4O3S. The van der Waals surface area contributed by atoms with Crippen molar-refractivity contribution in [3.05, 3.63) is 23.9 Å². The molecule has 8 heteroatoms. The van der Waals surface area contributed by atoms with Crippen LogP contribution in [0.15, 0.2) is 23.4 Å².